The van der Waals surface area contributed by atoms with E-state index in [1.54, 1.807) is 52.1 Å². The summed E-state index contributed by atoms with van der Waals surface area (Å²) in [6.07, 6.45) is -0.161. The minimum atomic E-state index is -1.54. The van der Waals surface area contributed by atoms with Crippen molar-refractivity contribution >= 4 is 17.7 Å². The largest absolute Gasteiger partial charge is 0.463 e. The fraction of sp³-hybridized carbons (Fsp3) is 0.780. The quantitative estimate of drug-likeness (QED) is 0.154. The second-order valence-corrected chi connectivity index (χ2v) is 16.0. The standard InChI is InChI=1S/C41H68N2O10/c1-12-14-22-49-33(20-21-44)32-26-50-39(47)40(6,7)35(45)29(5)36(41(8,48-11)24-27(3)25-43(32)13-2)53-38-34(31(42(9)10)23-28(4)51-38)52-37(46)30-18-16-15-17-19-30/h15-19,27-29,31-34,36,38,44H,12-14,20-26H2,1-11H3/t27-,28-,29+,31+,32+,33-,34-,36-,38+,41-/m1/s1. The lowest BCUT2D eigenvalue weighted by molar-refractivity contribution is -0.295. The molecule has 12 heteroatoms. The number of aliphatic hydroxyl groups is 1. The Balaban J connectivity index is 2.09. The highest BCUT2D eigenvalue weighted by Crippen LogP contribution is 2.39. The number of carbonyl (C=O) groups excluding carboxylic acids is 3. The highest BCUT2D eigenvalue weighted by molar-refractivity contribution is 6.04. The van der Waals surface area contributed by atoms with Gasteiger partial charge in [-0.3, -0.25) is 14.5 Å². The first-order valence-corrected chi connectivity index (χ1v) is 19.5. The molecule has 53 heavy (non-hydrogen) atoms. The Labute approximate surface area is 318 Å². The lowest BCUT2D eigenvalue weighted by Crippen LogP contribution is -2.60. The molecule has 0 aliphatic carbocycles. The van der Waals surface area contributed by atoms with Crippen LogP contribution in [-0.2, 0) is 38.0 Å². The molecule has 0 unspecified atom stereocenters. The number of carbonyl (C=O) groups is 3. The number of benzene rings is 1. The Morgan fingerprint density at radius 3 is 2.36 bits per heavy atom. The van der Waals surface area contributed by atoms with Crippen LogP contribution in [0.5, 0.6) is 0 Å². The van der Waals surface area contributed by atoms with Crippen molar-refractivity contribution in [2.45, 2.75) is 136 Å². The first kappa shape index (κ1) is 44.9. The van der Waals surface area contributed by atoms with Crippen LogP contribution in [0.15, 0.2) is 30.3 Å². The monoisotopic (exact) mass is 748 g/mol. The number of unbranched alkanes of at least 4 members (excludes halogenated alkanes) is 1. The van der Waals surface area contributed by atoms with Crippen LogP contribution in [0.25, 0.3) is 0 Å². The SMILES string of the molecule is CCCCO[C@H](CCO)[C@@H]1COC(=O)C(C)(C)C(=O)[C@H](C)[C@@H](O[C@@H]2O[C@H](C)C[C@H](N(C)C)[C@H]2OC(=O)c2ccccc2)[C@](C)(OC)C[C@@H](C)CN1CC. The normalized spacial score (nSPS) is 32.6. The number of ether oxygens (including phenoxy) is 6. The third-order valence-corrected chi connectivity index (χ3v) is 11.1. The lowest BCUT2D eigenvalue weighted by Gasteiger charge is -2.48. The number of hydrogen-bond donors (Lipinski definition) is 1. The Morgan fingerprint density at radius 1 is 1.09 bits per heavy atom. The summed E-state index contributed by atoms with van der Waals surface area (Å²) in [6.45, 7) is 16.8. The summed E-state index contributed by atoms with van der Waals surface area (Å²) in [5.41, 5.74) is -2.19. The number of nitrogens with zero attached hydrogens (tertiary/aromatic N) is 2. The smallest absolute Gasteiger partial charge is 0.338 e. The number of rotatable bonds is 14. The lowest BCUT2D eigenvalue weighted by atomic mass is 9.74. The van der Waals surface area contributed by atoms with Crippen molar-refractivity contribution in [1.29, 1.82) is 0 Å². The van der Waals surface area contributed by atoms with E-state index in [1.807, 2.05) is 38.9 Å². The van der Waals surface area contributed by atoms with Crippen molar-refractivity contribution in [2.75, 3.05) is 54.1 Å². The van der Waals surface area contributed by atoms with E-state index in [1.165, 1.54) is 0 Å². The van der Waals surface area contributed by atoms with Gasteiger partial charge in [-0.25, -0.2) is 4.79 Å². The maximum Gasteiger partial charge on any atom is 0.338 e. The predicted molar refractivity (Wildman–Crippen MR) is 202 cm³/mol. The Morgan fingerprint density at radius 2 is 1.77 bits per heavy atom. The molecule has 1 N–H and O–H groups in total. The van der Waals surface area contributed by atoms with Crippen molar-refractivity contribution in [3.63, 3.8) is 0 Å². The van der Waals surface area contributed by atoms with Crippen molar-refractivity contribution in [2.24, 2.45) is 17.3 Å². The van der Waals surface area contributed by atoms with Crippen LogP contribution in [0.3, 0.4) is 0 Å². The van der Waals surface area contributed by atoms with Gasteiger partial charge in [-0.2, -0.15) is 0 Å². The molecule has 0 bridgehead atoms. The van der Waals surface area contributed by atoms with Crippen molar-refractivity contribution < 1.29 is 47.9 Å². The zero-order chi connectivity index (χ0) is 39.5. The molecular weight excluding hydrogens is 680 g/mol. The summed E-state index contributed by atoms with van der Waals surface area (Å²) in [4.78, 5) is 46.2. The van der Waals surface area contributed by atoms with Gasteiger partial charge >= 0.3 is 11.9 Å². The van der Waals surface area contributed by atoms with Gasteiger partial charge in [-0.1, -0.05) is 52.3 Å². The molecule has 1 aromatic rings. The van der Waals surface area contributed by atoms with Gasteiger partial charge in [0, 0.05) is 32.8 Å². The predicted octanol–water partition coefficient (Wildman–Crippen LogP) is 5.14. The number of hydrogen-bond acceptors (Lipinski definition) is 12. The molecule has 302 valence electrons. The highest BCUT2D eigenvalue weighted by atomic mass is 16.7. The second-order valence-electron chi connectivity index (χ2n) is 16.0. The van der Waals surface area contributed by atoms with Gasteiger partial charge in [0.25, 0.3) is 0 Å². The average molecular weight is 749 g/mol. The van der Waals surface area contributed by atoms with E-state index in [-0.39, 0.29) is 49.2 Å². The Bertz CT molecular complexity index is 1290. The maximum absolute atomic E-state index is 14.6. The van der Waals surface area contributed by atoms with E-state index in [4.69, 9.17) is 28.4 Å². The van der Waals surface area contributed by atoms with Crippen molar-refractivity contribution in [3.8, 4) is 0 Å². The molecular formula is C41H68N2O10. The first-order valence-electron chi connectivity index (χ1n) is 19.5. The topological polar surface area (TPSA) is 133 Å². The van der Waals surface area contributed by atoms with E-state index < -0.39 is 47.4 Å². The van der Waals surface area contributed by atoms with Crippen LogP contribution >= 0.6 is 0 Å². The summed E-state index contributed by atoms with van der Waals surface area (Å²) in [6, 6.07) is 8.18. The molecule has 0 amide bonds. The molecule has 12 nitrogen and oxygen atoms in total. The van der Waals surface area contributed by atoms with Gasteiger partial charge in [0.2, 0.25) is 0 Å². The summed E-state index contributed by atoms with van der Waals surface area (Å²) < 4.78 is 38.2. The van der Waals surface area contributed by atoms with Crippen LogP contribution in [0, 0.1) is 17.3 Å². The molecule has 10 atom stereocenters. The fourth-order valence-electron chi connectivity index (χ4n) is 7.93. The Hall–Kier alpha value is -2.45. The zero-order valence-corrected chi connectivity index (χ0v) is 34.2. The maximum atomic E-state index is 14.6. The fourth-order valence-corrected chi connectivity index (χ4v) is 7.93. The molecule has 1 aromatic carbocycles. The highest BCUT2D eigenvalue weighted by Gasteiger charge is 2.52. The molecule has 0 spiro atoms. The molecule has 2 aliphatic rings. The number of ketones is 1. The van der Waals surface area contributed by atoms with Crippen LogP contribution in [0.1, 0.15) is 97.9 Å². The van der Waals surface area contributed by atoms with Crippen LogP contribution in [0.4, 0.5) is 0 Å². The number of cyclic esters (lactones) is 1. The molecule has 0 saturated carbocycles. The minimum absolute atomic E-state index is 0.0109. The van der Waals surface area contributed by atoms with Gasteiger partial charge in [-0.15, -0.1) is 0 Å². The first-order chi connectivity index (χ1) is 25.0. The van der Waals surface area contributed by atoms with E-state index >= 15 is 0 Å². The third-order valence-electron chi connectivity index (χ3n) is 11.1. The average Bonchev–Trinajstić information content (AvgIpc) is 3.13. The number of aliphatic hydroxyl groups excluding tert-OH is 1. The second kappa shape index (κ2) is 20.5. The molecule has 2 heterocycles. The molecule has 0 radical (unpaired) electrons. The third kappa shape index (κ3) is 11.5. The van der Waals surface area contributed by atoms with Crippen molar-refractivity contribution in [1.82, 2.24) is 9.80 Å². The van der Waals surface area contributed by atoms with Gasteiger partial charge in [0.1, 0.15) is 12.0 Å². The van der Waals surface area contributed by atoms with Gasteiger partial charge in [0.15, 0.2) is 18.2 Å². The molecule has 2 saturated heterocycles. The van der Waals surface area contributed by atoms with Crippen molar-refractivity contribution in [3.05, 3.63) is 35.9 Å². The summed E-state index contributed by atoms with van der Waals surface area (Å²) in [5.74, 6) is -2.38. The summed E-state index contributed by atoms with van der Waals surface area (Å²) in [5, 5.41) is 10.0. The van der Waals surface area contributed by atoms with E-state index in [9.17, 15) is 19.5 Å². The number of Topliss-reactive ketones (excluding diaryl/α,β-unsaturated/α-hetero) is 1. The number of likely N-dealkylation sites (N-methyl/N-ethyl adjacent to an activating group) is 2. The Kier molecular flexibility index (Phi) is 17.4. The summed E-state index contributed by atoms with van der Waals surface area (Å²) >= 11 is 0. The molecule has 2 aliphatic heterocycles. The molecule has 3 rings (SSSR count). The van der Waals surface area contributed by atoms with E-state index in [0.29, 0.717) is 44.5 Å². The van der Waals surface area contributed by atoms with E-state index in [2.05, 4.69) is 25.7 Å². The van der Waals surface area contributed by atoms with E-state index in [0.717, 1.165) is 12.8 Å². The van der Waals surface area contributed by atoms with Gasteiger partial charge in [-0.05, 0) is 92.1 Å². The number of methoxy groups -OCH3 is 1. The zero-order valence-electron chi connectivity index (χ0n) is 34.2. The number of esters is 2. The summed E-state index contributed by atoms with van der Waals surface area (Å²) in [7, 11) is 5.46. The van der Waals surface area contributed by atoms with Gasteiger partial charge < -0.3 is 38.4 Å². The molecule has 0 aromatic heterocycles. The van der Waals surface area contributed by atoms with Crippen LogP contribution in [-0.4, -0.2) is 135 Å². The minimum Gasteiger partial charge on any atom is -0.463 e. The van der Waals surface area contributed by atoms with Crippen LogP contribution in [0.2, 0.25) is 0 Å². The van der Waals surface area contributed by atoms with Gasteiger partial charge in [0.05, 0.1) is 41.6 Å². The molecule has 2 fully saturated rings. The van der Waals surface area contributed by atoms with Crippen LogP contribution < -0.4 is 0 Å².